The van der Waals surface area contributed by atoms with Gasteiger partial charge in [-0.2, -0.15) is 0 Å². The van der Waals surface area contributed by atoms with Crippen molar-refractivity contribution in [1.29, 1.82) is 0 Å². The number of benzene rings is 1. The number of phenols is 1. The fourth-order valence-corrected chi connectivity index (χ4v) is 3.06. The monoisotopic (exact) mass is 446 g/mol. The number of carbonyl (C=O) groups is 4. The highest BCUT2D eigenvalue weighted by atomic mass is 16.7. The van der Waals surface area contributed by atoms with E-state index in [0.717, 1.165) is 0 Å². The van der Waals surface area contributed by atoms with Crippen molar-refractivity contribution < 1.29 is 33.9 Å². The zero-order valence-electron chi connectivity index (χ0n) is 19.0. The Bertz CT molecular complexity index is 899. The van der Waals surface area contributed by atoms with Crippen molar-refractivity contribution in [2.75, 3.05) is 13.2 Å². The van der Waals surface area contributed by atoms with Gasteiger partial charge in [0.05, 0.1) is 19.6 Å². The highest BCUT2D eigenvalue weighted by Crippen LogP contribution is 2.25. The average molecular weight is 447 g/mol. The third-order valence-corrected chi connectivity index (χ3v) is 4.57. The lowest BCUT2D eigenvalue weighted by atomic mass is 9.90. The van der Waals surface area contributed by atoms with E-state index in [0.29, 0.717) is 34.9 Å². The molecule has 0 radical (unpaired) electrons. The molecule has 2 amide bonds. The van der Waals surface area contributed by atoms with E-state index >= 15 is 0 Å². The molecule has 1 heterocycles. The molecule has 1 aliphatic heterocycles. The van der Waals surface area contributed by atoms with Crippen molar-refractivity contribution in [2.24, 2.45) is 10.4 Å². The molecule has 1 fully saturated rings. The Balaban J connectivity index is 1.79. The van der Waals surface area contributed by atoms with Crippen LogP contribution in [0.4, 0.5) is 0 Å². The van der Waals surface area contributed by atoms with Crippen LogP contribution in [-0.4, -0.2) is 52.6 Å². The highest BCUT2D eigenvalue weighted by molar-refractivity contribution is 6.02. The average Bonchev–Trinajstić information content (AvgIpc) is 3.00. The second-order valence-electron chi connectivity index (χ2n) is 8.85. The maximum Gasteiger partial charge on any atom is 0.333 e. The van der Waals surface area contributed by atoms with Gasteiger partial charge in [0.15, 0.2) is 5.78 Å². The number of amides is 2. The number of aromatic hydroxyl groups is 1. The van der Waals surface area contributed by atoms with Crippen LogP contribution in [-0.2, 0) is 24.0 Å². The summed E-state index contributed by atoms with van der Waals surface area (Å²) in [5, 5.41) is 10.8. The predicted molar refractivity (Wildman–Crippen MR) is 116 cm³/mol. The van der Waals surface area contributed by atoms with E-state index < -0.39 is 17.8 Å². The number of phenolic OH excluding ortho intramolecular Hbond substituents is 1. The lowest BCUT2D eigenvalue weighted by Gasteiger charge is -2.16. The summed E-state index contributed by atoms with van der Waals surface area (Å²) >= 11 is 0. The number of hydrogen-bond donors (Lipinski definition) is 1. The van der Waals surface area contributed by atoms with E-state index in [1.54, 1.807) is 19.1 Å². The lowest BCUT2D eigenvalue weighted by molar-refractivity contribution is -0.197. The Kier molecular flexibility index (Phi) is 8.51. The predicted octanol–water partition coefficient (Wildman–Crippen LogP) is 2.97. The number of aliphatic imine (C=N–C) groups is 1. The molecule has 0 atom stereocenters. The molecular formula is C23H30N2O7. The lowest BCUT2D eigenvalue weighted by Crippen LogP contribution is -2.32. The number of Topliss-reactive ketones (excluding diaryl/α,β-unsaturated/α-hetero) is 1. The molecule has 2 rings (SSSR count). The SMILES string of the molecule is CC(=NCC(=O)CC(C)(C)C)c1ccc(OCCCC(=O)ON2C(=O)CCC2=O)cc1O. The summed E-state index contributed by atoms with van der Waals surface area (Å²) in [5.41, 5.74) is 0.955. The minimum atomic E-state index is -0.691. The van der Waals surface area contributed by atoms with Crippen LogP contribution in [0.25, 0.3) is 0 Å². The topological polar surface area (TPSA) is 123 Å². The van der Waals surface area contributed by atoms with Gasteiger partial charge in [-0.25, -0.2) is 4.79 Å². The number of ketones is 1. The van der Waals surface area contributed by atoms with Crippen molar-refractivity contribution in [3.05, 3.63) is 23.8 Å². The molecule has 9 nitrogen and oxygen atoms in total. The van der Waals surface area contributed by atoms with E-state index in [4.69, 9.17) is 9.57 Å². The molecule has 174 valence electrons. The molecule has 1 saturated heterocycles. The molecule has 32 heavy (non-hydrogen) atoms. The summed E-state index contributed by atoms with van der Waals surface area (Å²) in [6, 6.07) is 4.74. The fourth-order valence-electron chi connectivity index (χ4n) is 3.06. The van der Waals surface area contributed by atoms with Gasteiger partial charge < -0.3 is 14.7 Å². The van der Waals surface area contributed by atoms with Crippen molar-refractivity contribution in [3.63, 3.8) is 0 Å². The van der Waals surface area contributed by atoms with E-state index in [1.165, 1.54) is 6.07 Å². The molecule has 0 unspecified atom stereocenters. The van der Waals surface area contributed by atoms with E-state index in [9.17, 15) is 24.3 Å². The number of nitrogens with zero attached hydrogens (tertiary/aromatic N) is 2. The number of carbonyl (C=O) groups excluding carboxylic acids is 4. The minimum absolute atomic E-state index is 0.0301. The van der Waals surface area contributed by atoms with Gasteiger partial charge in [-0.1, -0.05) is 20.8 Å². The molecule has 1 aromatic carbocycles. The fraction of sp³-hybridized carbons (Fsp3) is 0.522. The Morgan fingerprint density at radius 3 is 2.41 bits per heavy atom. The van der Waals surface area contributed by atoms with Gasteiger partial charge in [0.1, 0.15) is 11.5 Å². The summed E-state index contributed by atoms with van der Waals surface area (Å²) in [6.07, 6.45) is 0.794. The number of imide groups is 1. The van der Waals surface area contributed by atoms with Crippen LogP contribution in [0.3, 0.4) is 0 Å². The second kappa shape index (κ2) is 10.9. The Morgan fingerprint density at radius 2 is 1.81 bits per heavy atom. The van der Waals surface area contributed by atoms with Gasteiger partial charge in [-0.05, 0) is 30.9 Å². The van der Waals surface area contributed by atoms with Crippen LogP contribution >= 0.6 is 0 Å². The molecule has 0 aliphatic carbocycles. The standard InChI is InChI=1S/C23H30N2O7/c1-15(24-14-16(26)13-23(2,3)4)18-8-7-17(12-19(18)27)31-11-5-6-22(30)32-25-20(28)9-10-21(25)29/h7-8,12,27H,5-6,9-11,13-14H2,1-4H3. The van der Waals surface area contributed by atoms with Gasteiger partial charge in [0, 0.05) is 36.6 Å². The van der Waals surface area contributed by atoms with Crippen molar-refractivity contribution >= 4 is 29.3 Å². The quantitative estimate of drug-likeness (QED) is 0.333. The van der Waals surface area contributed by atoms with Crippen LogP contribution in [0, 0.1) is 5.41 Å². The molecule has 0 bridgehead atoms. The second-order valence-corrected chi connectivity index (χ2v) is 8.85. The molecule has 0 saturated carbocycles. The van der Waals surface area contributed by atoms with Crippen molar-refractivity contribution in [3.8, 4) is 11.5 Å². The van der Waals surface area contributed by atoms with Crippen molar-refractivity contribution in [1.82, 2.24) is 5.06 Å². The summed E-state index contributed by atoms with van der Waals surface area (Å²) in [7, 11) is 0. The first-order chi connectivity index (χ1) is 15.0. The molecule has 1 aromatic rings. The third-order valence-electron chi connectivity index (χ3n) is 4.57. The molecule has 0 aromatic heterocycles. The Hall–Kier alpha value is -3.23. The van der Waals surface area contributed by atoms with Gasteiger partial charge in [-0.15, -0.1) is 5.06 Å². The minimum Gasteiger partial charge on any atom is -0.507 e. The number of hydroxylamine groups is 2. The first-order valence-corrected chi connectivity index (χ1v) is 10.5. The maximum absolute atomic E-state index is 12.0. The van der Waals surface area contributed by atoms with E-state index in [-0.39, 0.29) is 49.4 Å². The Labute approximate surface area is 187 Å². The molecule has 1 aliphatic rings. The highest BCUT2D eigenvalue weighted by Gasteiger charge is 2.32. The maximum atomic E-state index is 12.0. The zero-order chi connectivity index (χ0) is 23.9. The van der Waals surface area contributed by atoms with Crippen LogP contribution in [0.2, 0.25) is 0 Å². The first kappa shape index (κ1) is 25.0. The summed E-state index contributed by atoms with van der Waals surface area (Å²) < 4.78 is 5.53. The summed E-state index contributed by atoms with van der Waals surface area (Å²) in [4.78, 5) is 55.7. The van der Waals surface area contributed by atoms with Crippen LogP contribution in [0.15, 0.2) is 23.2 Å². The molecule has 9 heteroatoms. The van der Waals surface area contributed by atoms with E-state index in [2.05, 4.69) is 4.99 Å². The summed E-state index contributed by atoms with van der Waals surface area (Å²) in [5.74, 6) is -1.32. The molecule has 0 spiro atoms. The van der Waals surface area contributed by atoms with Crippen LogP contribution in [0.1, 0.15) is 65.4 Å². The van der Waals surface area contributed by atoms with E-state index in [1.807, 2.05) is 20.8 Å². The van der Waals surface area contributed by atoms with Crippen LogP contribution in [0.5, 0.6) is 11.5 Å². The van der Waals surface area contributed by atoms with Gasteiger partial charge in [-0.3, -0.25) is 19.4 Å². The van der Waals surface area contributed by atoms with Gasteiger partial charge in [0.2, 0.25) is 0 Å². The molecular weight excluding hydrogens is 416 g/mol. The number of rotatable bonds is 10. The number of ether oxygens (including phenoxy) is 1. The first-order valence-electron chi connectivity index (χ1n) is 10.5. The van der Waals surface area contributed by atoms with Crippen LogP contribution < -0.4 is 4.74 Å². The summed E-state index contributed by atoms with van der Waals surface area (Å²) in [6.45, 7) is 7.93. The van der Waals surface area contributed by atoms with Gasteiger partial charge in [0.25, 0.3) is 11.8 Å². The Morgan fingerprint density at radius 1 is 1.16 bits per heavy atom. The third kappa shape index (κ3) is 7.79. The largest absolute Gasteiger partial charge is 0.507 e. The normalized spacial score (nSPS) is 14.6. The number of hydrogen-bond acceptors (Lipinski definition) is 8. The zero-order valence-corrected chi connectivity index (χ0v) is 19.0. The molecule has 1 N–H and O–H groups in total. The smallest absolute Gasteiger partial charge is 0.333 e. The van der Waals surface area contributed by atoms with Gasteiger partial charge >= 0.3 is 5.97 Å². The van der Waals surface area contributed by atoms with Crippen molar-refractivity contribution in [2.45, 2.75) is 59.8 Å².